The molecule has 0 radical (unpaired) electrons. The van der Waals surface area contributed by atoms with Crippen LogP contribution in [0.25, 0.3) is 0 Å². The maximum Gasteiger partial charge on any atom is 0.320 e. The number of likely N-dealkylation sites (tertiary alicyclic amines) is 1. The molecule has 0 spiro atoms. The maximum absolute atomic E-state index is 11.4. The van der Waals surface area contributed by atoms with Crippen LogP contribution in [-0.2, 0) is 9.53 Å². The number of carbonyl (C=O) groups excluding carboxylic acids is 1. The Morgan fingerprint density at radius 2 is 1.86 bits per heavy atom. The summed E-state index contributed by atoms with van der Waals surface area (Å²) < 4.78 is 5.19. The molecule has 1 fully saturated rings. The lowest BCUT2D eigenvalue weighted by atomic mass is 9.99. The Morgan fingerprint density at radius 1 is 1.29 bits per heavy atom. The van der Waals surface area contributed by atoms with E-state index in [4.69, 9.17) is 4.74 Å². The molecule has 1 heterocycles. The summed E-state index contributed by atoms with van der Waals surface area (Å²) in [6.45, 7) is 9.27. The lowest BCUT2D eigenvalue weighted by molar-refractivity contribution is -0.147. The highest BCUT2D eigenvalue weighted by Crippen LogP contribution is 2.13. The first-order valence-electron chi connectivity index (χ1n) is 5.35. The third-order valence-corrected chi connectivity index (χ3v) is 2.22. The zero-order chi connectivity index (χ0) is 10.6. The highest BCUT2D eigenvalue weighted by molar-refractivity contribution is 5.71. The maximum atomic E-state index is 11.4. The third kappa shape index (κ3) is 4.61. The fourth-order valence-electron chi connectivity index (χ4n) is 1.47. The molecule has 3 nitrogen and oxygen atoms in total. The van der Waals surface area contributed by atoms with Gasteiger partial charge in [-0.1, -0.05) is 20.8 Å². The first kappa shape index (κ1) is 11.5. The van der Waals surface area contributed by atoms with Crippen LogP contribution in [-0.4, -0.2) is 37.1 Å². The molecule has 14 heavy (non-hydrogen) atoms. The lowest BCUT2D eigenvalue weighted by Crippen LogP contribution is -2.30. The van der Waals surface area contributed by atoms with Gasteiger partial charge in [0.25, 0.3) is 0 Å². The molecule has 1 aliphatic rings. The molecule has 0 aromatic carbocycles. The summed E-state index contributed by atoms with van der Waals surface area (Å²) in [4.78, 5) is 13.5. The number of hydrogen-bond donors (Lipinski definition) is 0. The van der Waals surface area contributed by atoms with Gasteiger partial charge in [0.15, 0.2) is 0 Å². The fourth-order valence-corrected chi connectivity index (χ4v) is 1.47. The van der Waals surface area contributed by atoms with E-state index >= 15 is 0 Å². The smallest absolute Gasteiger partial charge is 0.320 e. The van der Waals surface area contributed by atoms with Gasteiger partial charge in [0.1, 0.15) is 0 Å². The molecule has 82 valence electrons. The lowest BCUT2D eigenvalue weighted by Gasteiger charge is -2.19. The van der Waals surface area contributed by atoms with E-state index in [0.717, 1.165) is 13.1 Å². The van der Waals surface area contributed by atoms with Crippen molar-refractivity contribution in [3.8, 4) is 0 Å². The fraction of sp³-hybridized carbons (Fsp3) is 0.909. The first-order valence-corrected chi connectivity index (χ1v) is 5.35. The Labute approximate surface area is 86.4 Å². The van der Waals surface area contributed by atoms with Gasteiger partial charge in [0, 0.05) is 0 Å². The Morgan fingerprint density at radius 3 is 2.36 bits per heavy atom. The van der Waals surface area contributed by atoms with Crippen molar-refractivity contribution in [1.29, 1.82) is 0 Å². The molecule has 0 saturated carbocycles. The summed E-state index contributed by atoms with van der Waals surface area (Å²) in [5, 5.41) is 0. The van der Waals surface area contributed by atoms with Crippen molar-refractivity contribution in [1.82, 2.24) is 4.90 Å². The van der Waals surface area contributed by atoms with Gasteiger partial charge in [-0.2, -0.15) is 0 Å². The van der Waals surface area contributed by atoms with Crippen LogP contribution < -0.4 is 0 Å². The van der Waals surface area contributed by atoms with Gasteiger partial charge in [-0.05, 0) is 31.3 Å². The normalized spacial score (nSPS) is 18.5. The Bertz CT molecular complexity index is 190. The van der Waals surface area contributed by atoms with Crippen LogP contribution in [0.15, 0.2) is 0 Å². The summed E-state index contributed by atoms with van der Waals surface area (Å²) in [6, 6.07) is 0. The van der Waals surface area contributed by atoms with E-state index in [1.807, 2.05) is 0 Å². The summed E-state index contributed by atoms with van der Waals surface area (Å²) in [5.74, 6) is -0.0816. The number of carbonyl (C=O) groups is 1. The molecule has 0 aromatic heterocycles. The summed E-state index contributed by atoms with van der Waals surface area (Å²) in [6.07, 6.45) is 2.43. The number of ether oxygens (including phenoxy) is 1. The van der Waals surface area contributed by atoms with Crippen LogP contribution in [0.1, 0.15) is 33.6 Å². The molecule has 0 atom stereocenters. The minimum atomic E-state index is -0.0816. The monoisotopic (exact) mass is 199 g/mol. The van der Waals surface area contributed by atoms with Crippen molar-refractivity contribution >= 4 is 5.97 Å². The van der Waals surface area contributed by atoms with Crippen LogP contribution >= 0.6 is 0 Å². The number of esters is 1. The Hall–Kier alpha value is -0.570. The molecule has 0 unspecified atom stereocenters. The Kier molecular flexibility index (Phi) is 3.93. The SMILES string of the molecule is CC(C)(C)COC(=O)CN1CCCC1. The van der Waals surface area contributed by atoms with Crippen molar-refractivity contribution in [2.45, 2.75) is 33.6 Å². The topological polar surface area (TPSA) is 29.5 Å². The third-order valence-electron chi connectivity index (χ3n) is 2.22. The first-order chi connectivity index (χ1) is 6.47. The van der Waals surface area contributed by atoms with E-state index in [2.05, 4.69) is 25.7 Å². The van der Waals surface area contributed by atoms with E-state index in [9.17, 15) is 4.79 Å². The second-order valence-electron chi connectivity index (χ2n) is 5.20. The van der Waals surface area contributed by atoms with Gasteiger partial charge in [-0.15, -0.1) is 0 Å². The molecule has 3 heteroatoms. The Balaban J connectivity index is 2.15. The van der Waals surface area contributed by atoms with Gasteiger partial charge < -0.3 is 4.74 Å². The van der Waals surface area contributed by atoms with Crippen molar-refractivity contribution in [3.63, 3.8) is 0 Å². The molecule has 0 aliphatic carbocycles. The van der Waals surface area contributed by atoms with Gasteiger partial charge in [0.2, 0.25) is 0 Å². The van der Waals surface area contributed by atoms with Crippen LogP contribution in [0.3, 0.4) is 0 Å². The van der Waals surface area contributed by atoms with E-state index in [0.29, 0.717) is 13.2 Å². The minimum absolute atomic E-state index is 0.0701. The van der Waals surface area contributed by atoms with Crippen LogP contribution in [0.5, 0.6) is 0 Å². The quantitative estimate of drug-likeness (QED) is 0.648. The van der Waals surface area contributed by atoms with Gasteiger partial charge >= 0.3 is 5.97 Å². The van der Waals surface area contributed by atoms with Gasteiger partial charge in [0.05, 0.1) is 13.2 Å². The van der Waals surface area contributed by atoms with E-state index in [1.54, 1.807) is 0 Å². The molecule has 1 saturated heterocycles. The van der Waals surface area contributed by atoms with Crippen molar-refractivity contribution in [2.24, 2.45) is 5.41 Å². The zero-order valence-corrected chi connectivity index (χ0v) is 9.51. The average Bonchev–Trinajstić information content (AvgIpc) is 2.52. The highest BCUT2D eigenvalue weighted by atomic mass is 16.5. The van der Waals surface area contributed by atoms with E-state index in [1.165, 1.54) is 12.8 Å². The predicted octanol–water partition coefficient (Wildman–Crippen LogP) is 1.67. The summed E-state index contributed by atoms with van der Waals surface area (Å²) >= 11 is 0. The zero-order valence-electron chi connectivity index (χ0n) is 9.51. The average molecular weight is 199 g/mol. The second-order valence-corrected chi connectivity index (χ2v) is 5.20. The molecule has 0 bridgehead atoms. The largest absolute Gasteiger partial charge is 0.464 e. The number of nitrogens with zero attached hydrogens (tertiary/aromatic N) is 1. The van der Waals surface area contributed by atoms with Crippen molar-refractivity contribution in [3.05, 3.63) is 0 Å². The molecule has 1 aliphatic heterocycles. The molecule has 0 aromatic rings. The summed E-state index contributed by atoms with van der Waals surface area (Å²) in [5.41, 5.74) is 0.0701. The van der Waals surface area contributed by atoms with E-state index in [-0.39, 0.29) is 11.4 Å². The standard InChI is InChI=1S/C11H21NO2/c1-11(2,3)9-14-10(13)8-12-6-4-5-7-12/h4-9H2,1-3H3. The van der Waals surface area contributed by atoms with Gasteiger partial charge in [-0.25, -0.2) is 0 Å². The molecule has 0 N–H and O–H groups in total. The molecular formula is C11H21NO2. The number of rotatable bonds is 3. The van der Waals surface area contributed by atoms with Crippen LogP contribution in [0, 0.1) is 5.41 Å². The molecule has 0 amide bonds. The number of hydrogen-bond acceptors (Lipinski definition) is 3. The minimum Gasteiger partial charge on any atom is -0.464 e. The van der Waals surface area contributed by atoms with Crippen LogP contribution in [0.4, 0.5) is 0 Å². The summed E-state index contributed by atoms with van der Waals surface area (Å²) in [7, 11) is 0. The predicted molar refractivity (Wildman–Crippen MR) is 56.1 cm³/mol. The highest BCUT2D eigenvalue weighted by Gasteiger charge is 2.18. The van der Waals surface area contributed by atoms with Gasteiger partial charge in [-0.3, -0.25) is 9.69 Å². The van der Waals surface area contributed by atoms with E-state index < -0.39 is 0 Å². The second kappa shape index (κ2) is 4.78. The molecule has 1 rings (SSSR count). The molecular weight excluding hydrogens is 178 g/mol. The van der Waals surface area contributed by atoms with Crippen molar-refractivity contribution < 1.29 is 9.53 Å². The van der Waals surface area contributed by atoms with Crippen molar-refractivity contribution in [2.75, 3.05) is 26.2 Å². The van der Waals surface area contributed by atoms with Crippen LogP contribution in [0.2, 0.25) is 0 Å².